The number of carbonyl (C=O) groups is 3. The number of hydrogen-bond donors (Lipinski definition) is 0. The highest BCUT2D eigenvalue weighted by molar-refractivity contribution is 6.52. The average molecular weight is 419 g/mol. The van der Waals surface area contributed by atoms with Crippen LogP contribution in [0.3, 0.4) is 0 Å². The van der Waals surface area contributed by atoms with Gasteiger partial charge in [-0.15, -0.1) is 0 Å². The topological polar surface area (TPSA) is 66.9 Å². The van der Waals surface area contributed by atoms with Crippen molar-refractivity contribution in [1.29, 1.82) is 0 Å². The fourth-order valence-electron chi connectivity index (χ4n) is 3.83. The van der Waals surface area contributed by atoms with Crippen LogP contribution < -0.4 is 4.90 Å². The Morgan fingerprint density at radius 1 is 1.14 bits per heavy atom. The van der Waals surface area contributed by atoms with E-state index in [0.717, 1.165) is 50.0 Å². The molecule has 29 heavy (non-hydrogen) atoms. The van der Waals surface area contributed by atoms with Crippen LogP contribution >= 0.6 is 11.6 Å². The number of imide groups is 1. The Hall–Kier alpha value is -2.34. The zero-order chi connectivity index (χ0) is 21.0. The largest absolute Gasteiger partial charge is 0.462 e. The first-order valence-corrected chi connectivity index (χ1v) is 10.7. The summed E-state index contributed by atoms with van der Waals surface area (Å²) in [5, 5.41) is -0.0293. The number of rotatable bonds is 7. The Balaban J connectivity index is 1.78. The molecule has 0 saturated carbocycles. The Morgan fingerprint density at radius 3 is 2.52 bits per heavy atom. The van der Waals surface area contributed by atoms with Crippen molar-refractivity contribution >= 4 is 35.1 Å². The molecule has 1 aromatic rings. The fraction of sp³-hybridized carbons (Fsp3) is 0.500. The molecule has 0 radical (unpaired) electrons. The third kappa shape index (κ3) is 4.32. The molecule has 1 aromatic carbocycles. The fourth-order valence-corrected chi connectivity index (χ4v) is 4.11. The molecule has 3 rings (SSSR count). The first-order chi connectivity index (χ1) is 14.0. The van der Waals surface area contributed by atoms with E-state index in [2.05, 4.69) is 6.92 Å². The Kier molecular flexibility index (Phi) is 6.96. The van der Waals surface area contributed by atoms with Gasteiger partial charge in [-0.2, -0.15) is 0 Å². The van der Waals surface area contributed by atoms with Crippen LogP contribution in [-0.4, -0.2) is 41.9 Å². The van der Waals surface area contributed by atoms with Gasteiger partial charge in [0, 0.05) is 12.6 Å². The summed E-state index contributed by atoms with van der Waals surface area (Å²) in [6.07, 6.45) is 5.71. The highest BCUT2D eigenvalue weighted by Gasteiger charge is 2.43. The molecule has 1 atom stereocenters. The van der Waals surface area contributed by atoms with Crippen molar-refractivity contribution in [3.8, 4) is 0 Å². The Morgan fingerprint density at radius 2 is 1.86 bits per heavy atom. The maximum atomic E-state index is 13.1. The number of esters is 1. The van der Waals surface area contributed by atoms with E-state index in [4.69, 9.17) is 16.3 Å². The summed E-state index contributed by atoms with van der Waals surface area (Å²) < 4.78 is 5.19. The molecular weight excluding hydrogens is 392 g/mol. The molecule has 2 aliphatic heterocycles. The summed E-state index contributed by atoms with van der Waals surface area (Å²) in [6.45, 7) is 5.19. The van der Waals surface area contributed by atoms with E-state index in [1.54, 1.807) is 24.3 Å². The quantitative estimate of drug-likeness (QED) is 0.376. The van der Waals surface area contributed by atoms with Crippen molar-refractivity contribution in [2.75, 3.05) is 18.1 Å². The highest BCUT2D eigenvalue weighted by Crippen LogP contribution is 2.35. The molecule has 2 heterocycles. The van der Waals surface area contributed by atoms with E-state index in [9.17, 15) is 14.4 Å². The molecule has 2 amide bonds. The van der Waals surface area contributed by atoms with Gasteiger partial charge in [-0.1, -0.05) is 31.9 Å². The highest BCUT2D eigenvalue weighted by atomic mass is 35.5. The van der Waals surface area contributed by atoms with Crippen LogP contribution in [0.2, 0.25) is 0 Å². The number of benzene rings is 1. The Bertz CT molecular complexity index is 819. The van der Waals surface area contributed by atoms with E-state index in [1.807, 2.05) is 11.8 Å². The van der Waals surface area contributed by atoms with Crippen LogP contribution in [0.1, 0.15) is 62.7 Å². The third-order valence-electron chi connectivity index (χ3n) is 5.48. The summed E-state index contributed by atoms with van der Waals surface area (Å²) in [6, 6.07) is 6.49. The van der Waals surface area contributed by atoms with Crippen molar-refractivity contribution in [3.63, 3.8) is 0 Å². The van der Waals surface area contributed by atoms with Crippen LogP contribution in [0.4, 0.5) is 5.69 Å². The molecule has 0 N–H and O–H groups in total. The number of halogens is 1. The van der Waals surface area contributed by atoms with Crippen molar-refractivity contribution in [1.82, 2.24) is 4.90 Å². The molecular formula is C22H27ClN2O4. The lowest BCUT2D eigenvalue weighted by atomic mass is 9.99. The van der Waals surface area contributed by atoms with Crippen molar-refractivity contribution in [2.24, 2.45) is 0 Å². The van der Waals surface area contributed by atoms with Crippen molar-refractivity contribution in [3.05, 3.63) is 40.6 Å². The SMILES string of the molecule is CCCCOC(=O)c1ccc(N2C(=O)C(Cl)=C(N3CCCCC3CC)C2=O)cc1. The Labute approximate surface area is 176 Å². The van der Waals surface area contributed by atoms with Crippen LogP contribution in [0.15, 0.2) is 35.0 Å². The lowest BCUT2D eigenvalue weighted by Gasteiger charge is -2.37. The number of carbonyl (C=O) groups excluding carboxylic acids is 3. The molecule has 1 fully saturated rings. The number of piperidine rings is 1. The second-order valence-electron chi connectivity index (χ2n) is 7.40. The number of nitrogens with zero attached hydrogens (tertiary/aromatic N) is 2. The van der Waals surface area contributed by atoms with Gasteiger partial charge in [-0.3, -0.25) is 9.59 Å². The van der Waals surface area contributed by atoms with E-state index in [0.29, 0.717) is 23.6 Å². The number of amides is 2. The minimum Gasteiger partial charge on any atom is -0.462 e. The molecule has 1 unspecified atom stereocenters. The van der Waals surface area contributed by atoms with Gasteiger partial charge in [-0.25, -0.2) is 9.69 Å². The number of hydrogen-bond acceptors (Lipinski definition) is 5. The van der Waals surface area contributed by atoms with Crippen LogP contribution in [0, 0.1) is 0 Å². The van der Waals surface area contributed by atoms with Crippen LogP contribution in [0.5, 0.6) is 0 Å². The molecule has 6 nitrogen and oxygen atoms in total. The van der Waals surface area contributed by atoms with Crippen LogP contribution in [-0.2, 0) is 14.3 Å². The van der Waals surface area contributed by atoms with E-state index >= 15 is 0 Å². The second kappa shape index (κ2) is 9.44. The molecule has 0 bridgehead atoms. The van der Waals surface area contributed by atoms with Gasteiger partial charge < -0.3 is 9.64 Å². The van der Waals surface area contributed by atoms with Gasteiger partial charge >= 0.3 is 5.97 Å². The zero-order valence-electron chi connectivity index (χ0n) is 16.9. The third-order valence-corrected chi connectivity index (χ3v) is 5.82. The van der Waals surface area contributed by atoms with Crippen molar-refractivity contribution in [2.45, 2.75) is 58.4 Å². The molecule has 1 saturated heterocycles. The van der Waals surface area contributed by atoms with E-state index in [-0.39, 0.29) is 11.1 Å². The zero-order valence-corrected chi connectivity index (χ0v) is 17.7. The summed E-state index contributed by atoms with van der Waals surface area (Å²) in [7, 11) is 0. The predicted molar refractivity (Wildman–Crippen MR) is 112 cm³/mol. The molecule has 0 aliphatic carbocycles. The minimum atomic E-state index is -0.523. The lowest BCUT2D eigenvalue weighted by molar-refractivity contribution is -0.121. The van der Waals surface area contributed by atoms with Gasteiger partial charge in [0.1, 0.15) is 10.7 Å². The van der Waals surface area contributed by atoms with Gasteiger partial charge in [-0.05, 0) is 56.4 Å². The summed E-state index contributed by atoms with van der Waals surface area (Å²) in [5.41, 5.74) is 1.07. The molecule has 0 spiro atoms. The average Bonchev–Trinajstić information content (AvgIpc) is 2.96. The first-order valence-electron chi connectivity index (χ1n) is 10.3. The first kappa shape index (κ1) is 21.4. The number of ether oxygens (including phenoxy) is 1. The summed E-state index contributed by atoms with van der Waals surface area (Å²) in [5.74, 6) is -1.34. The number of anilines is 1. The smallest absolute Gasteiger partial charge is 0.338 e. The maximum absolute atomic E-state index is 13.1. The van der Waals surface area contributed by atoms with Gasteiger partial charge in [0.25, 0.3) is 11.8 Å². The lowest BCUT2D eigenvalue weighted by Crippen LogP contribution is -2.42. The normalized spacial score (nSPS) is 19.9. The maximum Gasteiger partial charge on any atom is 0.338 e. The second-order valence-corrected chi connectivity index (χ2v) is 7.77. The monoisotopic (exact) mass is 418 g/mol. The van der Waals surface area contributed by atoms with Gasteiger partial charge in [0.2, 0.25) is 0 Å². The molecule has 0 aromatic heterocycles. The summed E-state index contributed by atoms with van der Waals surface area (Å²) >= 11 is 6.33. The standard InChI is InChI=1S/C22H27ClN2O4/c1-3-5-14-29-22(28)15-9-11-17(12-10-15)25-20(26)18(23)19(21(25)27)24-13-7-6-8-16(24)4-2/h9-12,16H,3-8,13-14H2,1-2H3. The number of unbranched alkanes of at least 4 members (excludes halogenated alkanes) is 1. The molecule has 156 valence electrons. The van der Waals surface area contributed by atoms with E-state index < -0.39 is 17.8 Å². The van der Waals surface area contributed by atoms with Crippen molar-refractivity contribution < 1.29 is 19.1 Å². The van der Waals surface area contributed by atoms with Crippen LogP contribution in [0.25, 0.3) is 0 Å². The summed E-state index contributed by atoms with van der Waals surface area (Å²) in [4.78, 5) is 41.0. The van der Waals surface area contributed by atoms with Gasteiger partial charge in [0.15, 0.2) is 0 Å². The molecule has 2 aliphatic rings. The molecule has 7 heteroatoms. The predicted octanol–water partition coefficient (Wildman–Crippen LogP) is 4.23. The van der Waals surface area contributed by atoms with E-state index in [1.165, 1.54) is 0 Å². The number of likely N-dealkylation sites (tertiary alicyclic amines) is 1. The minimum absolute atomic E-state index is 0.0293. The van der Waals surface area contributed by atoms with Gasteiger partial charge in [0.05, 0.1) is 17.9 Å².